The van der Waals surface area contributed by atoms with E-state index in [1.54, 1.807) is 0 Å². The molecule has 2 heterocycles. The van der Waals surface area contributed by atoms with Gasteiger partial charge in [-0.2, -0.15) is 0 Å². The van der Waals surface area contributed by atoms with Gasteiger partial charge in [-0.3, -0.25) is 0 Å². The monoisotopic (exact) mass is 198 g/mol. The lowest BCUT2D eigenvalue weighted by Gasteiger charge is -2.24. The minimum atomic E-state index is -0.148. The van der Waals surface area contributed by atoms with Gasteiger partial charge in [-0.1, -0.05) is 0 Å². The first-order valence-corrected chi connectivity index (χ1v) is 5.89. The van der Waals surface area contributed by atoms with Crippen LogP contribution in [0.3, 0.4) is 0 Å². The molecule has 0 aromatic heterocycles. The van der Waals surface area contributed by atoms with Crippen LogP contribution < -0.4 is 5.32 Å². The second-order valence-corrected chi connectivity index (χ2v) is 4.86. The average Bonchev–Trinajstić information content (AvgIpc) is 2.57. The molecular formula is C11H22N2O. The van der Waals surface area contributed by atoms with Gasteiger partial charge in [-0.15, -0.1) is 0 Å². The summed E-state index contributed by atoms with van der Waals surface area (Å²) in [6, 6.07) is 0.734. The van der Waals surface area contributed by atoms with E-state index in [4.69, 9.17) is 0 Å². The Morgan fingerprint density at radius 3 is 3.07 bits per heavy atom. The molecular weight excluding hydrogens is 176 g/mol. The molecule has 0 saturated carbocycles. The van der Waals surface area contributed by atoms with Crippen LogP contribution in [0.25, 0.3) is 0 Å². The van der Waals surface area contributed by atoms with Crippen LogP contribution in [0.4, 0.5) is 0 Å². The summed E-state index contributed by atoms with van der Waals surface area (Å²) in [6.45, 7) is 6.57. The fraction of sp³-hybridized carbons (Fsp3) is 1.00. The molecule has 2 rings (SSSR count). The molecule has 2 N–H and O–H groups in total. The van der Waals surface area contributed by atoms with Crippen LogP contribution in [0.15, 0.2) is 0 Å². The summed E-state index contributed by atoms with van der Waals surface area (Å²) in [7, 11) is 0. The van der Waals surface area contributed by atoms with Crippen molar-refractivity contribution in [3.05, 3.63) is 0 Å². The van der Waals surface area contributed by atoms with Crippen LogP contribution in [0.1, 0.15) is 26.2 Å². The number of nitrogens with one attached hydrogen (secondary N) is 1. The molecule has 0 bridgehead atoms. The molecule has 14 heavy (non-hydrogen) atoms. The van der Waals surface area contributed by atoms with Crippen molar-refractivity contribution in [2.45, 2.75) is 38.3 Å². The lowest BCUT2D eigenvalue weighted by molar-refractivity contribution is 0.163. The van der Waals surface area contributed by atoms with Gasteiger partial charge >= 0.3 is 0 Å². The van der Waals surface area contributed by atoms with E-state index >= 15 is 0 Å². The van der Waals surface area contributed by atoms with Crippen molar-refractivity contribution < 1.29 is 5.11 Å². The molecule has 3 heteroatoms. The molecule has 0 aliphatic carbocycles. The quantitative estimate of drug-likeness (QED) is 0.691. The Morgan fingerprint density at radius 1 is 1.50 bits per heavy atom. The van der Waals surface area contributed by atoms with E-state index in [-0.39, 0.29) is 6.10 Å². The summed E-state index contributed by atoms with van der Waals surface area (Å²) >= 11 is 0. The van der Waals surface area contributed by atoms with Gasteiger partial charge in [-0.05, 0) is 38.6 Å². The van der Waals surface area contributed by atoms with E-state index in [0.29, 0.717) is 0 Å². The zero-order chi connectivity index (χ0) is 9.97. The molecule has 2 aliphatic rings. The molecule has 0 amide bonds. The maximum atomic E-state index is 9.23. The molecule has 2 fully saturated rings. The fourth-order valence-corrected chi connectivity index (χ4v) is 2.69. The van der Waals surface area contributed by atoms with Gasteiger partial charge < -0.3 is 15.3 Å². The molecule has 3 nitrogen and oxygen atoms in total. The molecule has 2 saturated heterocycles. The second-order valence-electron chi connectivity index (χ2n) is 4.86. The molecule has 3 atom stereocenters. The Hall–Kier alpha value is -0.120. The van der Waals surface area contributed by atoms with Crippen LogP contribution in [-0.2, 0) is 0 Å². The standard InChI is InChI=1S/C11H22N2O/c1-9(14)4-6-13-7-10-3-2-5-12-11(10)8-13/h9-12,14H,2-8H2,1H3/t9?,10-,11+/m0/s1. The third-order valence-corrected chi connectivity index (χ3v) is 3.54. The van der Waals surface area contributed by atoms with Crippen LogP contribution >= 0.6 is 0 Å². The van der Waals surface area contributed by atoms with E-state index in [0.717, 1.165) is 24.9 Å². The summed E-state index contributed by atoms with van der Waals surface area (Å²) in [5.74, 6) is 0.873. The first kappa shape index (κ1) is 10.4. The van der Waals surface area contributed by atoms with Gasteiger partial charge in [0.15, 0.2) is 0 Å². The van der Waals surface area contributed by atoms with Crippen molar-refractivity contribution in [2.24, 2.45) is 5.92 Å². The fourth-order valence-electron chi connectivity index (χ4n) is 2.69. The van der Waals surface area contributed by atoms with Crippen molar-refractivity contribution >= 4 is 0 Å². The van der Waals surface area contributed by atoms with Crippen molar-refractivity contribution in [2.75, 3.05) is 26.2 Å². The third kappa shape index (κ3) is 2.47. The van der Waals surface area contributed by atoms with Crippen molar-refractivity contribution in [1.29, 1.82) is 0 Å². The Morgan fingerprint density at radius 2 is 2.36 bits per heavy atom. The minimum Gasteiger partial charge on any atom is -0.393 e. The normalized spacial score (nSPS) is 35.6. The molecule has 2 aliphatic heterocycles. The van der Waals surface area contributed by atoms with Gasteiger partial charge in [0.25, 0.3) is 0 Å². The van der Waals surface area contributed by atoms with Gasteiger partial charge in [-0.25, -0.2) is 0 Å². The number of rotatable bonds is 3. The second kappa shape index (κ2) is 4.60. The largest absolute Gasteiger partial charge is 0.393 e. The summed E-state index contributed by atoms with van der Waals surface area (Å²) in [4.78, 5) is 2.50. The Bertz CT molecular complexity index is 170. The average molecular weight is 198 g/mol. The Labute approximate surface area is 86.5 Å². The molecule has 0 radical (unpaired) electrons. The van der Waals surface area contributed by atoms with Crippen molar-refractivity contribution in [3.8, 4) is 0 Å². The maximum Gasteiger partial charge on any atom is 0.0524 e. The topological polar surface area (TPSA) is 35.5 Å². The maximum absolute atomic E-state index is 9.23. The third-order valence-electron chi connectivity index (χ3n) is 3.54. The van der Waals surface area contributed by atoms with Gasteiger partial charge in [0.05, 0.1) is 6.10 Å². The lowest BCUT2D eigenvalue weighted by Crippen LogP contribution is -2.40. The van der Waals surface area contributed by atoms with E-state index < -0.39 is 0 Å². The Balaban J connectivity index is 1.75. The van der Waals surface area contributed by atoms with Crippen LogP contribution in [0, 0.1) is 5.92 Å². The van der Waals surface area contributed by atoms with E-state index in [1.165, 1.54) is 32.5 Å². The molecule has 0 spiro atoms. The van der Waals surface area contributed by atoms with Crippen LogP contribution in [-0.4, -0.2) is 48.3 Å². The predicted octanol–water partition coefficient (Wildman–Crippen LogP) is 0.441. The smallest absolute Gasteiger partial charge is 0.0524 e. The van der Waals surface area contributed by atoms with Gasteiger partial charge in [0.2, 0.25) is 0 Å². The number of hydrogen-bond donors (Lipinski definition) is 2. The molecule has 1 unspecified atom stereocenters. The highest BCUT2D eigenvalue weighted by Gasteiger charge is 2.33. The SMILES string of the molecule is CC(O)CCN1C[C@@H]2CCCN[C@@H]2C1. The van der Waals surface area contributed by atoms with E-state index in [2.05, 4.69) is 10.2 Å². The van der Waals surface area contributed by atoms with Crippen LogP contribution in [0.5, 0.6) is 0 Å². The number of piperidine rings is 1. The summed E-state index contributed by atoms with van der Waals surface area (Å²) in [5.41, 5.74) is 0. The molecule has 0 aromatic carbocycles. The van der Waals surface area contributed by atoms with E-state index in [1.807, 2.05) is 6.92 Å². The highest BCUT2D eigenvalue weighted by atomic mass is 16.3. The predicted molar refractivity (Wildman–Crippen MR) is 57.3 cm³/mol. The molecule has 0 aromatic rings. The van der Waals surface area contributed by atoms with Crippen molar-refractivity contribution in [1.82, 2.24) is 10.2 Å². The highest BCUT2D eigenvalue weighted by molar-refractivity contribution is 4.91. The highest BCUT2D eigenvalue weighted by Crippen LogP contribution is 2.24. The van der Waals surface area contributed by atoms with Crippen molar-refractivity contribution in [3.63, 3.8) is 0 Å². The van der Waals surface area contributed by atoms with Gasteiger partial charge in [0.1, 0.15) is 0 Å². The summed E-state index contributed by atoms with van der Waals surface area (Å²) in [6.07, 6.45) is 3.50. The number of fused-ring (bicyclic) bond motifs is 1. The number of likely N-dealkylation sites (tertiary alicyclic amines) is 1. The lowest BCUT2D eigenvalue weighted by atomic mass is 9.94. The van der Waals surface area contributed by atoms with E-state index in [9.17, 15) is 5.11 Å². The van der Waals surface area contributed by atoms with Crippen LogP contribution in [0.2, 0.25) is 0 Å². The summed E-state index contributed by atoms with van der Waals surface area (Å²) in [5, 5.41) is 12.8. The first-order chi connectivity index (χ1) is 6.75. The molecule has 82 valence electrons. The number of hydrogen-bond acceptors (Lipinski definition) is 3. The van der Waals surface area contributed by atoms with Gasteiger partial charge in [0, 0.05) is 25.7 Å². The number of aliphatic hydroxyl groups is 1. The number of nitrogens with zero attached hydrogens (tertiary/aromatic N) is 1. The first-order valence-electron chi connectivity index (χ1n) is 5.89. The summed E-state index contributed by atoms with van der Waals surface area (Å²) < 4.78 is 0. The zero-order valence-corrected chi connectivity index (χ0v) is 9.08. The Kier molecular flexibility index (Phi) is 3.42. The number of aliphatic hydroxyl groups excluding tert-OH is 1. The zero-order valence-electron chi connectivity index (χ0n) is 9.08. The minimum absolute atomic E-state index is 0.148.